The number of amides is 2. The van der Waals surface area contributed by atoms with E-state index in [9.17, 15) is 9.59 Å². The molecule has 0 aromatic rings. The molecule has 0 aromatic carbocycles. The zero-order valence-electron chi connectivity index (χ0n) is 9.91. The second-order valence-electron chi connectivity index (χ2n) is 5.19. The van der Waals surface area contributed by atoms with E-state index in [-0.39, 0.29) is 24.8 Å². The van der Waals surface area contributed by atoms with Crippen LogP contribution < -0.4 is 5.73 Å². The summed E-state index contributed by atoms with van der Waals surface area (Å²) in [6, 6.07) is 1.94. The van der Waals surface area contributed by atoms with Gasteiger partial charge in [-0.15, -0.1) is 0 Å². The fraction of sp³-hybridized carbons (Fsp3) is 0.727. The van der Waals surface area contributed by atoms with Gasteiger partial charge in [0.05, 0.1) is 11.5 Å². The molecule has 0 spiro atoms. The topological polar surface area (TPSA) is 87.2 Å². The molecule has 0 aromatic heterocycles. The molecule has 1 aliphatic rings. The summed E-state index contributed by atoms with van der Waals surface area (Å²) in [4.78, 5) is 24.6. The summed E-state index contributed by atoms with van der Waals surface area (Å²) in [6.07, 6.45) is 0.538. The molecule has 2 amide bonds. The summed E-state index contributed by atoms with van der Waals surface area (Å²) in [7, 11) is 0. The molecule has 1 fully saturated rings. The van der Waals surface area contributed by atoms with E-state index in [1.807, 2.05) is 6.07 Å². The predicted molar refractivity (Wildman–Crippen MR) is 57.9 cm³/mol. The lowest BCUT2D eigenvalue weighted by Crippen LogP contribution is -2.41. The number of nitrogens with zero attached hydrogens (tertiary/aromatic N) is 2. The summed E-state index contributed by atoms with van der Waals surface area (Å²) in [5, 5.41) is 8.74. The second-order valence-corrected chi connectivity index (χ2v) is 5.19. The second kappa shape index (κ2) is 3.87. The maximum absolute atomic E-state index is 11.8. The molecular formula is C11H17N3O2. The largest absolute Gasteiger partial charge is 0.314 e. The van der Waals surface area contributed by atoms with Crippen LogP contribution in [0.1, 0.15) is 33.6 Å². The van der Waals surface area contributed by atoms with Gasteiger partial charge < -0.3 is 5.73 Å². The molecule has 2 N–H and O–H groups in total. The predicted octanol–water partition coefficient (Wildman–Crippen LogP) is 0.403. The summed E-state index contributed by atoms with van der Waals surface area (Å²) >= 11 is 0. The summed E-state index contributed by atoms with van der Waals surface area (Å²) in [5.74, 6) is -0.352. The molecule has 1 atom stereocenters. The number of hydrogen-bond donors (Lipinski definition) is 1. The Bertz CT molecular complexity index is 366. The molecule has 0 saturated carbocycles. The van der Waals surface area contributed by atoms with Crippen molar-refractivity contribution in [2.75, 3.05) is 6.54 Å². The molecule has 1 heterocycles. The quantitative estimate of drug-likeness (QED) is 0.702. The van der Waals surface area contributed by atoms with Gasteiger partial charge in [0, 0.05) is 13.0 Å². The monoisotopic (exact) mass is 223 g/mol. The highest BCUT2D eigenvalue weighted by Gasteiger charge is 2.44. The molecule has 16 heavy (non-hydrogen) atoms. The zero-order chi connectivity index (χ0) is 12.6. The number of hydrogen-bond acceptors (Lipinski definition) is 4. The molecule has 88 valence electrons. The Hall–Kier alpha value is -1.41. The molecule has 1 rings (SSSR count). The molecular weight excluding hydrogens is 206 g/mol. The van der Waals surface area contributed by atoms with Gasteiger partial charge in [0.2, 0.25) is 11.8 Å². The molecule has 5 heteroatoms. The molecule has 0 radical (unpaired) electrons. The zero-order valence-corrected chi connectivity index (χ0v) is 9.91. The maximum Gasteiger partial charge on any atom is 0.235 e. The van der Waals surface area contributed by atoms with E-state index in [2.05, 4.69) is 0 Å². The number of rotatable bonds is 3. The average molecular weight is 223 g/mol. The number of nitrogens with two attached hydrogens (primary N) is 1. The van der Waals surface area contributed by atoms with Gasteiger partial charge in [-0.2, -0.15) is 5.26 Å². The number of nitriles is 1. The molecule has 5 nitrogen and oxygen atoms in total. The molecule has 1 aliphatic heterocycles. The number of carbonyl (C=O) groups is 2. The van der Waals surface area contributed by atoms with Gasteiger partial charge in [-0.3, -0.25) is 14.5 Å². The molecule has 0 aliphatic carbocycles. The van der Waals surface area contributed by atoms with Gasteiger partial charge in [0.1, 0.15) is 5.54 Å². The van der Waals surface area contributed by atoms with Crippen LogP contribution in [0.3, 0.4) is 0 Å². The lowest BCUT2D eigenvalue weighted by molar-refractivity contribution is -0.140. The summed E-state index contributed by atoms with van der Waals surface area (Å²) in [5.41, 5.74) is 4.03. The van der Waals surface area contributed by atoms with Crippen LogP contribution in [0, 0.1) is 16.7 Å². The van der Waals surface area contributed by atoms with Crippen LogP contribution in [-0.4, -0.2) is 28.8 Å². The Balaban J connectivity index is 2.67. The van der Waals surface area contributed by atoms with Crippen molar-refractivity contribution >= 4 is 11.8 Å². The summed E-state index contributed by atoms with van der Waals surface area (Å²) in [6.45, 7) is 5.31. The van der Waals surface area contributed by atoms with Crippen LogP contribution in [0.15, 0.2) is 0 Å². The van der Waals surface area contributed by atoms with Crippen molar-refractivity contribution in [3.8, 4) is 6.07 Å². The molecule has 1 unspecified atom stereocenters. The third-order valence-corrected chi connectivity index (χ3v) is 2.83. The minimum atomic E-state index is -0.993. The highest BCUT2D eigenvalue weighted by molar-refractivity contribution is 6.05. The van der Waals surface area contributed by atoms with E-state index >= 15 is 0 Å². The minimum Gasteiger partial charge on any atom is -0.314 e. The van der Waals surface area contributed by atoms with Crippen LogP contribution >= 0.6 is 0 Å². The van der Waals surface area contributed by atoms with E-state index in [4.69, 9.17) is 11.0 Å². The highest BCUT2D eigenvalue weighted by Crippen LogP contribution is 2.31. The highest BCUT2D eigenvalue weighted by atomic mass is 16.2. The van der Waals surface area contributed by atoms with Crippen LogP contribution in [0.4, 0.5) is 0 Å². The Labute approximate surface area is 95.2 Å². The Morgan fingerprint density at radius 3 is 2.50 bits per heavy atom. The number of carbonyl (C=O) groups excluding carboxylic acids is 2. The average Bonchev–Trinajstić information content (AvgIpc) is 2.35. The van der Waals surface area contributed by atoms with Crippen LogP contribution in [0.5, 0.6) is 0 Å². The third kappa shape index (κ3) is 2.39. The van der Waals surface area contributed by atoms with Crippen molar-refractivity contribution < 1.29 is 9.59 Å². The van der Waals surface area contributed by atoms with E-state index in [1.54, 1.807) is 20.8 Å². The first kappa shape index (κ1) is 12.7. The maximum atomic E-state index is 11.8. The van der Waals surface area contributed by atoms with Crippen LogP contribution in [0.25, 0.3) is 0 Å². The standard InChI is InChI=1S/C11H17N3O2/c1-10(2)6-8(15)14(9(10)16)5-4-11(3,13)7-12/h4-6,13H2,1-3H3. The van der Waals surface area contributed by atoms with Gasteiger partial charge >= 0.3 is 0 Å². The normalized spacial score (nSPS) is 23.1. The minimum absolute atomic E-state index is 0.175. The molecule has 1 saturated heterocycles. The van der Waals surface area contributed by atoms with Crippen molar-refractivity contribution in [1.29, 1.82) is 5.26 Å². The number of imide groups is 1. The first-order chi connectivity index (χ1) is 7.19. The lowest BCUT2D eigenvalue weighted by Gasteiger charge is -2.21. The van der Waals surface area contributed by atoms with Crippen molar-refractivity contribution in [2.24, 2.45) is 11.1 Å². The summed E-state index contributed by atoms with van der Waals surface area (Å²) < 4.78 is 0. The van der Waals surface area contributed by atoms with Crippen LogP contribution in [0.2, 0.25) is 0 Å². The van der Waals surface area contributed by atoms with Gasteiger partial charge in [0.15, 0.2) is 0 Å². The third-order valence-electron chi connectivity index (χ3n) is 2.83. The van der Waals surface area contributed by atoms with Crippen molar-refractivity contribution in [2.45, 2.75) is 39.2 Å². The smallest absolute Gasteiger partial charge is 0.235 e. The van der Waals surface area contributed by atoms with Gasteiger partial charge in [0.25, 0.3) is 0 Å². The Morgan fingerprint density at radius 1 is 1.56 bits per heavy atom. The van der Waals surface area contributed by atoms with E-state index in [0.717, 1.165) is 0 Å². The van der Waals surface area contributed by atoms with Gasteiger partial charge in [-0.1, -0.05) is 13.8 Å². The Kier molecular flexibility index (Phi) is 3.06. The van der Waals surface area contributed by atoms with E-state index in [0.29, 0.717) is 6.42 Å². The molecule has 0 bridgehead atoms. The Morgan fingerprint density at radius 2 is 2.12 bits per heavy atom. The first-order valence-electron chi connectivity index (χ1n) is 5.24. The number of likely N-dealkylation sites (tertiary alicyclic amines) is 1. The SMILES string of the molecule is CC(N)(C#N)CCN1C(=O)CC(C)(C)C1=O. The first-order valence-corrected chi connectivity index (χ1v) is 5.24. The fourth-order valence-electron chi connectivity index (χ4n) is 1.65. The van der Waals surface area contributed by atoms with E-state index < -0.39 is 11.0 Å². The van der Waals surface area contributed by atoms with Gasteiger partial charge in [-0.25, -0.2) is 0 Å². The van der Waals surface area contributed by atoms with Crippen LogP contribution in [-0.2, 0) is 9.59 Å². The van der Waals surface area contributed by atoms with E-state index in [1.165, 1.54) is 4.90 Å². The van der Waals surface area contributed by atoms with Gasteiger partial charge in [-0.05, 0) is 13.3 Å². The van der Waals surface area contributed by atoms with Crippen molar-refractivity contribution in [1.82, 2.24) is 4.90 Å². The lowest BCUT2D eigenvalue weighted by atomic mass is 9.92. The van der Waals surface area contributed by atoms with Crippen molar-refractivity contribution in [3.05, 3.63) is 0 Å². The fourth-order valence-corrected chi connectivity index (χ4v) is 1.65. The van der Waals surface area contributed by atoms with Crippen molar-refractivity contribution in [3.63, 3.8) is 0 Å².